The summed E-state index contributed by atoms with van der Waals surface area (Å²) in [7, 11) is 0. The van der Waals surface area contributed by atoms with Crippen molar-refractivity contribution in [3.05, 3.63) is 0 Å². The molecule has 0 bridgehead atoms. The molecule has 0 amide bonds. The molecule has 0 rings (SSSR count). The van der Waals surface area contributed by atoms with Crippen LogP contribution in [0.15, 0.2) is 0 Å². The van der Waals surface area contributed by atoms with E-state index in [1.807, 2.05) is 0 Å². The lowest BCUT2D eigenvalue weighted by molar-refractivity contribution is -0.461. The predicted molar refractivity (Wildman–Crippen MR) is 44.9 cm³/mol. The number of hydrogen-bond acceptors (Lipinski definition) is 1. The van der Waals surface area contributed by atoms with E-state index in [0.29, 0.717) is 0 Å². The van der Waals surface area contributed by atoms with E-state index in [9.17, 15) is 74.6 Å². The number of nitrogens with two attached hydrogens (primary N) is 1. The molecule has 26 heavy (non-hydrogen) atoms. The van der Waals surface area contributed by atoms with Gasteiger partial charge in [-0.05, 0) is 0 Å². The Balaban J connectivity index is 6.61. The molecule has 0 radical (unpaired) electrons. The summed E-state index contributed by atoms with van der Waals surface area (Å²) in [5.41, 5.74) is 3.05. The fourth-order valence-electron chi connectivity index (χ4n) is 1.18. The lowest BCUT2D eigenvalue weighted by Gasteiger charge is -2.42. The van der Waals surface area contributed by atoms with Gasteiger partial charge in [0.05, 0.1) is 0 Å². The summed E-state index contributed by atoms with van der Waals surface area (Å²) in [5.74, 6) is -49.9. The van der Waals surface area contributed by atoms with E-state index in [1.54, 1.807) is 0 Å². The molecular weight excluding hydrogens is 433 g/mol. The van der Waals surface area contributed by atoms with E-state index in [2.05, 4.69) is 5.73 Å². The van der Waals surface area contributed by atoms with Gasteiger partial charge < -0.3 is 0 Å². The van der Waals surface area contributed by atoms with Crippen molar-refractivity contribution < 1.29 is 74.6 Å². The van der Waals surface area contributed by atoms with Crippen LogP contribution < -0.4 is 5.73 Å². The molecule has 0 aromatic carbocycles. The fourth-order valence-corrected chi connectivity index (χ4v) is 1.18. The van der Waals surface area contributed by atoms with Crippen LogP contribution in [0.2, 0.25) is 0 Å². The molecule has 0 spiro atoms. The van der Waals surface area contributed by atoms with Gasteiger partial charge in [-0.2, -0.15) is 74.6 Å². The maximum atomic E-state index is 12.9. The third-order valence-electron chi connectivity index (χ3n) is 2.75. The van der Waals surface area contributed by atoms with Crippen LogP contribution in [0.1, 0.15) is 0 Å². The Hall–Kier alpha value is -1.23. The zero-order valence-corrected chi connectivity index (χ0v) is 11.0. The van der Waals surface area contributed by atoms with Crippen molar-refractivity contribution in [1.82, 2.24) is 0 Å². The maximum absolute atomic E-state index is 12.9. The molecule has 0 aromatic rings. The van der Waals surface area contributed by atoms with Crippen LogP contribution in [0.5, 0.6) is 0 Å². The summed E-state index contributed by atoms with van der Waals surface area (Å²) in [4.78, 5) is 0. The van der Waals surface area contributed by atoms with Crippen molar-refractivity contribution in [1.29, 1.82) is 0 Å². The Morgan fingerprint density at radius 3 is 0.692 bits per heavy atom. The summed E-state index contributed by atoms with van der Waals surface area (Å²) in [6, 6.07) is -6.81. The van der Waals surface area contributed by atoms with Crippen LogP contribution in [0, 0.1) is 0 Å². The van der Waals surface area contributed by atoms with Gasteiger partial charge in [-0.3, -0.25) is 5.73 Å². The van der Waals surface area contributed by atoms with Crippen molar-refractivity contribution in [2.24, 2.45) is 5.73 Å². The summed E-state index contributed by atoms with van der Waals surface area (Å²) in [5, 5.41) is 0. The first-order valence-corrected chi connectivity index (χ1v) is 5.25. The number of rotatable bonds is 6. The van der Waals surface area contributed by atoms with Crippen LogP contribution in [0.4, 0.5) is 74.6 Å². The molecular formula is C8H2F17N. The van der Waals surface area contributed by atoms with E-state index in [1.165, 1.54) is 0 Å². The molecule has 0 fully saturated rings. The Kier molecular flexibility index (Phi) is 5.37. The zero-order valence-electron chi connectivity index (χ0n) is 11.0. The minimum absolute atomic E-state index is 3.05. The highest BCUT2D eigenvalue weighted by Crippen LogP contribution is 2.63. The highest BCUT2D eigenvalue weighted by Gasteiger charge is 2.95. The van der Waals surface area contributed by atoms with Crippen LogP contribution >= 0.6 is 0 Å². The van der Waals surface area contributed by atoms with E-state index in [0.717, 1.165) is 0 Å². The molecule has 0 atom stereocenters. The first kappa shape index (κ1) is 24.8. The highest BCUT2D eigenvalue weighted by atomic mass is 19.4. The Bertz CT molecular complexity index is 474. The van der Waals surface area contributed by atoms with Crippen molar-refractivity contribution in [2.75, 3.05) is 0 Å². The van der Waals surface area contributed by atoms with E-state index in [-0.39, 0.29) is 0 Å². The van der Waals surface area contributed by atoms with E-state index < -0.39 is 47.8 Å². The zero-order chi connectivity index (χ0) is 22.0. The standard InChI is InChI=1S/C8H2F17N/c9-1(10,3(13,14)5(17,18)7(21,22)23)2(11,12)4(15,16)6(19,20)8(24,25)26/h26H2. The molecule has 0 saturated heterocycles. The van der Waals surface area contributed by atoms with Gasteiger partial charge in [0.1, 0.15) is 0 Å². The van der Waals surface area contributed by atoms with Gasteiger partial charge in [-0.1, -0.05) is 0 Å². The van der Waals surface area contributed by atoms with Gasteiger partial charge in [0.25, 0.3) is 0 Å². The van der Waals surface area contributed by atoms with Gasteiger partial charge in [0.2, 0.25) is 0 Å². The molecule has 158 valence electrons. The van der Waals surface area contributed by atoms with Crippen LogP contribution in [0.25, 0.3) is 0 Å². The van der Waals surface area contributed by atoms with Gasteiger partial charge in [-0.25, -0.2) is 0 Å². The lowest BCUT2D eigenvalue weighted by Crippen LogP contribution is -2.75. The third kappa shape index (κ3) is 2.83. The minimum Gasteiger partial charge on any atom is -0.267 e. The van der Waals surface area contributed by atoms with Gasteiger partial charge in [0.15, 0.2) is 0 Å². The molecule has 0 saturated carbocycles. The van der Waals surface area contributed by atoms with Crippen LogP contribution in [-0.4, -0.2) is 47.8 Å². The highest BCUT2D eigenvalue weighted by molar-refractivity contribution is 5.14. The normalized spacial score (nSPS) is 16.8. The fraction of sp³-hybridized carbons (Fsp3) is 1.00. The molecule has 0 unspecified atom stereocenters. The van der Waals surface area contributed by atoms with Crippen molar-refractivity contribution in [2.45, 2.75) is 47.8 Å². The second-order valence-electron chi connectivity index (χ2n) is 4.57. The summed E-state index contributed by atoms with van der Waals surface area (Å²) < 4.78 is 211. The van der Waals surface area contributed by atoms with Crippen molar-refractivity contribution in [3.8, 4) is 0 Å². The molecule has 18 heteroatoms. The number of alkyl halides is 17. The van der Waals surface area contributed by atoms with Crippen molar-refractivity contribution >= 4 is 0 Å². The van der Waals surface area contributed by atoms with Gasteiger partial charge in [0, 0.05) is 0 Å². The quantitative estimate of drug-likeness (QED) is 0.466. The second-order valence-corrected chi connectivity index (χ2v) is 4.57. The third-order valence-corrected chi connectivity index (χ3v) is 2.75. The SMILES string of the molecule is NC(F)(F)C(F)(F)C(F)(F)C(F)(F)C(F)(F)C(F)(F)C(F)(F)C(F)(F)F. The molecule has 1 nitrogen and oxygen atoms in total. The van der Waals surface area contributed by atoms with E-state index >= 15 is 0 Å². The minimum atomic E-state index is -8.61. The average molecular weight is 435 g/mol. The molecule has 2 N–H and O–H groups in total. The first-order chi connectivity index (χ1) is 10.8. The monoisotopic (exact) mass is 435 g/mol. The van der Waals surface area contributed by atoms with E-state index in [4.69, 9.17) is 0 Å². The summed E-state index contributed by atoms with van der Waals surface area (Å²) >= 11 is 0. The molecule has 0 aliphatic heterocycles. The number of hydrogen-bond donors (Lipinski definition) is 1. The molecule has 0 heterocycles. The second kappa shape index (κ2) is 5.63. The number of halogens is 17. The molecule has 0 aliphatic carbocycles. The Morgan fingerprint density at radius 2 is 0.500 bits per heavy atom. The first-order valence-electron chi connectivity index (χ1n) is 5.25. The summed E-state index contributed by atoms with van der Waals surface area (Å²) in [6.45, 7) is 0. The maximum Gasteiger partial charge on any atom is 0.460 e. The average Bonchev–Trinajstić information content (AvgIpc) is 2.34. The molecule has 0 aliphatic rings. The summed E-state index contributed by atoms with van der Waals surface area (Å²) in [6.07, 6.45) is -7.76. The van der Waals surface area contributed by atoms with Crippen LogP contribution in [0.3, 0.4) is 0 Å². The Labute approximate surface area is 129 Å². The lowest BCUT2D eigenvalue weighted by atomic mass is 9.90. The molecule has 0 aromatic heterocycles. The largest absolute Gasteiger partial charge is 0.460 e. The van der Waals surface area contributed by atoms with Crippen LogP contribution in [-0.2, 0) is 0 Å². The predicted octanol–water partition coefficient (Wildman–Crippen LogP) is 4.91. The van der Waals surface area contributed by atoms with Gasteiger partial charge in [-0.15, -0.1) is 0 Å². The van der Waals surface area contributed by atoms with Gasteiger partial charge >= 0.3 is 47.8 Å². The Morgan fingerprint density at radius 1 is 0.308 bits per heavy atom. The van der Waals surface area contributed by atoms with Crippen molar-refractivity contribution in [3.63, 3.8) is 0 Å². The smallest absolute Gasteiger partial charge is 0.267 e. The topological polar surface area (TPSA) is 26.0 Å².